The van der Waals surface area contributed by atoms with Crippen LogP contribution < -0.4 is 0 Å². The molecule has 9 heteroatoms. The number of carboxylic acids is 1. The normalized spacial score (nSPS) is 11.6. The van der Waals surface area contributed by atoms with Crippen molar-refractivity contribution in [1.29, 1.82) is 0 Å². The molecule has 192 valence electrons. The summed E-state index contributed by atoms with van der Waals surface area (Å²) in [4.78, 5) is 21.3. The molecule has 0 aliphatic carbocycles. The first kappa shape index (κ1) is 26.7. The summed E-state index contributed by atoms with van der Waals surface area (Å²) in [7, 11) is 1.90. The van der Waals surface area contributed by atoms with E-state index in [1.807, 2.05) is 68.0 Å². The van der Waals surface area contributed by atoms with Crippen LogP contribution in [0.4, 0.5) is 0 Å². The van der Waals surface area contributed by atoms with E-state index in [4.69, 9.17) is 26.7 Å². The lowest BCUT2D eigenvalue weighted by Gasteiger charge is -2.13. The van der Waals surface area contributed by atoms with E-state index in [0.29, 0.717) is 5.02 Å². The number of carbonyl (C=O) groups is 1. The number of rotatable bonds is 4. The number of halogens is 1. The molecule has 0 bridgehead atoms. The summed E-state index contributed by atoms with van der Waals surface area (Å²) in [5.41, 5.74) is 7.27. The molecule has 5 aromatic rings. The van der Waals surface area contributed by atoms with Gasteiger partial charge in [-0.05, 0) is 81.6 Å². The lowest BCUT2D eigenvalue weighted by Crippen LogP contribution is -2.10. The summed E-state index contributed by atoms with van der Waals surface area (Å²) in [5, 5.41) is 23.9. The van der Waals surface area contributed by atoms with E-state index in [2.05, 4.69) is 5.10 Å². The molecule has 0 radical (unpaired) electrons. The second-order valence-electron chi connectivity index (χ2n) is 9.94. The van der Waals surface area contributed by atoms with Gasteiger partial charge in [-0.1, -0.05) is 23.7 Å². The largest absolute Gasteiger partial charge is 0.481 e. The molecule has 7 nitrogen and oxygen atoms in total. The molecule has 0 atom stereocenters. The highest BCUT2D eigenvalue weighted by Crippen LogP contribution is 2.41. The molecule has 0 amide bonds. The van der Waals surface area contributed by atoms with Crippen molar-refractivity contribution in [2.24, 2.45) is 7.05 Å². The second-order valence-corrected chi connectivity index (χ2v) is 11.4. The number of aliphatic carboxylic acids is 1. The molecular weight excluding hydrogens is 508 g/mol. The van der Waals surface area contributed by atoms with Crippen molar-refractivity contribution in [2.45, 2.75) is 46.6 Å². The van der Waals surface area contributed by atoms with Gasteiger partial charge in [-0.3, -0.25) is 9.48 Å². The van der Waals surface area contributed by atoms with Crippen molar-refractivity contribution in [1.82, 2.24) is 19.7 Å². The molecule has 0 spiro atoms. The van der Waals surface area contributed by atoms with Crippen LogP contribution in [-0.4, -0.2) is 41.5 Å². The van der Waals surface area contributed by atoms with Crippen LogP contribution in [0.5, 0.6) is 0 Å². The Hall–Kier alpha value is -3.33. The van der Waals surface area contributed by atoms with Gasteiger partial charge in [0.25, 0.3) is 0 Å². The minimum Gasteiger partial charge on any atom is -0.481 e. The first-order valence-electron chi connectivity index (χ1n) is 11.8. The van der Waals surface area contributed by atoms with Crippen LogP contribution in [0.1, 0.15) is 37.6 Å². The Labute approximate surface area is 224 Å². The third-order valence-corrected chi connectivity index (χ3v) is 6.92. The van der Waals surface area contributed by atoms with E-state index >= 15 is 0 Å². The van der Waals surface area contributed by atoms with E-state index < -0.39 is 11.6 Å². The fourth-order valence-electron chi connectivity index (χ4n) is 4.07. The summed E-state index contributed by atoms with van der Waals surface area (Å²) in [6, 6.07) is 13.4. The average Bonchev–Trinajstić information content (AvgIpc) is 3.34. The van der Waals surface area contributed by atoms with Crippen LogP contribution in [0.25, 0.3) is 43.1 Å². The first-order chi connectivity index (χ1) is 17.3. The van der Waals surface area contributed by atoms with Crippen molar-refractivity contribution in [3.05, 3.63) is 64.3 Å². The molecule has 0 saturated heterocycles. The molecule has 0 aliphatic rings. The summed E-state index contributed by atoms with van der Waals surface area (Å²) in [6.07, 6.45) is -0.0634. The number of pyridine rings is 1. The lowest BCUT2D eigenvalue weighted by molar-refractivity contribution is -0.136. The van der Waals surface area contributed by atoms with E-state index in [9.17, 15) is 9.90 Å². The van der Waals surface area contributed by atoms with Crippen molar-refractivity contribution in [3.8, 4) is 21.8 Å². The monoisotopic (exact) mass is 536 g/mol. The molecule has 2 N–H and O–H groups in total. The zero-order valence-corrected chi connectivity index (χ0v) is 23.2. The zero-order chi connectivity index (χ0) is 27.1. The van der Waals surface area contributed by atoms with Gasteiger partial charge in [0.2, 0.25) is 0 Å². The van der Waals surface area contributed by atoms with Crippen molar-refractivity contribution in [2.75, 3.05) is 0 Å². The Balaban J connectivity index is 0.000000586. The predicted molar refractivity (Wildman–Crippen MR) is 150 cm³/mol. The van der Waals surface area contributed by atoms with Gasteiger partial charge in [-0.2, -0.15) is 5.10 Å². The minimum atomic E-state index is -0.869. The summed E-state index contributed by atoms with van der Waals surface area (Å²) in [5.74, 6) is -0.869. The van der Waals surface area contributed by atoms with E-state index in [1.165, 1.54) is 11.3 Å². The Morgan fingerprint density at radius 3 is 2.35 bits per heavy atom. The van der Waals surface area contributed by atoms with Crippen LogP contribution in [0.2, 0.25) is 5.02 Å². The number of benzene rings is 2. The maximum absolute atomic E-state index is 11.6. The maximum atomic E-state index is 11.6. The number of aryl methyl sites for hydroxylation is 3. The molecule has 3 aromatic heterocycles. The molecule has 37 heavy (non-hydrogen) atoms. The quantitative estimate of drug-likeness (QED) is 0.269. The minimum absolute atomic E-state index is 0.0634. The summed E-state index contributed by atoms with van der Waals surface area (Å²) < 4.78 is 2.76. The number of aliphatic hydroxyl groups is 1. The predicted octanol–water partition coefficient (Wildman–Crippen LogP) is 6.59. The van der Waals surface area contributed by atoms with E-state index in [0.717, 1.165) is 59.9 Å². The number of hydrogen-bond donors (Lipinski definition) is 2. The molecule has 0 fully saturated rings. The molecule has 5 rings (SSSR count). The van der Waals surface area contributed by atoms with Gasteiger partial charge in [-0.15, -0.1) is 11.3 Å². The van der Waals surface area contributed by atoms with Gasteiger partial charge >= 0.3 is 5.97 Å². The summed E-state index contributed by atoms with van der Waals surface area (Å²) in [6.45, 7) is 9.10. The number of aromatic nitrogens is 4. The Morgan fingerprint density at radius 1 is 1.08 bits per heavy atom. The van der Waals surface area contributed by atoms with Crippen LogP contribution in [0.3, 0.4) is 0 Å². The van der Waals surface area contributed by atoms with Crippen LogP contribution in [0, 0.1) is 13.8 Å². The molecule has 0 aliphatic heterocycles. The Kier molecular flexibility index (Phi) is 7.37. The number of hydrogen-bond acceptors (Lipinski definition) is 6. The highest BCUT2D eigenvalue weighted by Gasteiger charge is 2.20. The van der Waals surface area contributed by atoms with Gasteiger partial charge in [0.05, 0.1) is 39.1 Å². The lowest BCUT2D eigenvalue weighted by atomic mass is 9.93. The Morgan fingerprint density at radius 2 is 1.73 bits per heavy atom. The molecule has 0 unspecified atom stereocenters. The molecule has 2 aromatic carbocycles. The highest BCUT2D eigenvalue weighted by molar-refractivity contribution is 7.22. The maximum Gasteiger partial charge on any atom is 0.307 e. The van der Waals surface area contributed by atoms with Gasteiger partial charge in [-0.25, -0.2) is 9.97 Å². The number of fused-ring (bicyclic) bond motifs is 2. The fraction of sp³-hybridized carbons (Fsp3) is 0.286. The van der Waals surface area contributed by atoms with Crippen molar-refractivity contribution in [3.63, 3.8) is 0 Å². The average molecular weight is 537 g/mol. The van der Waals surface area contributed by atoms with Gasteiger partial charge in [0, 0.05) is 17.6 Å². The molecule has 3 heterocycles. The number of carboxylic acid groups (broad SMARTS) is 1. The summed E-state index contributed by atoms with van der Waals surface area (Å²) >= 11 is 7.62. The topological polar surface area (TPSA) is 101 Å². The fourth-order valence-corrected chi connectivity index (χ4v) is 5.30. The van der Waals surface area contributed by atoms with Crippen molar-refractivity contribution < 1.29 is 15.0 Å². The number of thiazole rings is 1. The highest BCUT2D eigenvalue weighted by atomic mass is 35.5. The van der Waals surface area contributed by atoms with Crippen molar-refractivity contribution >= 4 is 50.2 Å². The first-order valence-corrected chi connectivity index (χ1v) is 12.9. The van der Waals surface area contributed by atoms with Crippen LogP contribution in [0.15, 0.2) is 42.5 Å². The van der Waals surface area contributed by atoms with E-state index in [1.54, 1.807) is 20.8 Å². The van der Waals surface area contributed by atoms with E-state index in [-0.39, 0.29) is 6.42 Å². The smallest absolute Gasteiger partial charge is 0.307 e. The molecule has 0 saturated carbocycles. The number of nitrogens with zero attached hydrogens (tertiary/aromatic N) is 4. The third-order valence-electron chi connectivity index (χ3n) is 5.56. The molecular formula is C28H29ClN4O3S. The zero-order valence-electron chi connectivity index (χ0n) is 21.6. The Bertz CT molecular complexity index is 1610. The van der Waals surface area contributed by atoms with Gasteiger partial charge in [0.1, 0.15) is 10.5 Å². The third kappa shape index (κ3) is 5.98. The second kappa shape index (κ2) is 10.2. The van der Waals surface area contributed by atoms with Gasteiger partial charge in [0.15, 0.2) is 0 Å². The SMILES string of the molecule is CC(C)(C)O.Cc1cc2nc(-c3ccc4c(n3)c(C)nn4C)sc2c(-c2ccc(Cl)cc2)c1CC(=O)O. The standard InChI is InChI=1S/C24H19ClN4O2S.C4H10O/c1-12-10-18-23(21(16(12)11-20(30)31)14-4-6-15(25)7-5-14)32-24(27-18)17-8-9-19-22(26-17)13(2)28-29(19)3;1-4(2,3)5/h4-10H,11H2,1-3H3,(H,30,31);5H,1-3H3. The van der Waals surface area contributed by atoms with Gasteiger partial charge < -0.3 is 10.2 Å². The van der Waals surface area contributed by atoms with Crippen LogP contribution >= 0.6 is 22.9 Å². The van der Waals surface area contributed by atoms with Crippen LogP contribution in [-0.2, 0) is 18.3 Å².